The molecule has 330 valence electrons. The van der Waals surface area contributed by atoms with E-state index in [0.717, 1.165) is 38.5 Å². The molecule has 0 saturated heterocycles. The molecular weight excluding hydrogens is 681 g/mol. The van der Waals surface area contributed by atoms with Gasteiger partial charge in [0, 0.05) is 6.42 Å². The third-order valence-corrected chi connectivity index (χ3v) is 11.1. The van der Waals surface area contributed by atoms with Gasteiger partial charge in [0.1, 0.15) is 0 Å². The molecule has 0 aliphatic carbocycles. The normalized spacial score (nSPS) is 11.7. The van der Waals surface area contributed by atoms with Gasteiger partial charge in [-0.15, -0.1) is 0 Å². The van der Waals surface area contributed by atoms with Crippen molar-refractivity contribution in [1.29, 1.82) is 0 Å². The van der Waals surface area contributed by atoms with Gasteiger partial charge in [0.25, 0.3) is 0 Å². The maximum absolute atomic E-state index is 11.8. The number of aliphatic hydroxyl groups is 1. The average molecular weight is 781 g/mol. The number of ether oxygens (including phenoxy) is 2. The molecule has 0 saturated carbocycles. The van der Waals surface area contributed by atoms with Gasteiger partial charge >= 0.3 is 11.9 Å². The predicted molar refractivity (Wildman–Crippen MR) is 240 cm³/mol. The number of aliphatic hydroxyl groups excluding tert-OH is 1. The smallest absolute Gasteiger partial charge is 0.334 e. The topological polar surface area (TPSA) is 72.8 Å². The van der Waals surface area contributed by atoms with Crippen molar-refractivity contribution in [1.82, 2.24) is 0 Å². The lowest BCUT2D eigenvalue weighted by atomic mass is 10.0. The van der Waals surface area contributed by atoms with Gasteiger partial charge in [-0.25, -0.2) is 4.79 Å². The fourth-order valence-electron chi connectivity index (χ4n) is 7.23. The summed E-state index contributed by atoms with van der Waals surface area (Å²) in [6, 6.07) is 0. The lowest BCUT2D eigenvalue weighted by Gasteiger charge is -2.10. The van der Waals surface area contributed by atoms with E-state index in [1.807, 2.05) is 0 Å². The molecule has 1 unspecified atom stereocenters. The molecule has 0 aromatic heterocycles. The highest BCUT2D eigenvalue weighted by molar-refractivity contribution is 5.74. The van der Waals surface area contributed by atoms with Crippen molar-refractivity contribution < 1.29 is 24.2 Å². The third-order valence-electron chi connectivity index (χ3n) is 11.1. The van der Waals surface area contributed by atoms with E-state index in [1.54, 1.807) is 0 Å². The molecule has 0 aliphatic rings. The van der Waals surface area contributed by atoms with Crippen LogP contribution in [0, 0.1) is 0 Å². The van der Waals surface area contributed by atoms with Crippen molar-refractivity contribution in [3.05, 3.63) is 0 Å². The van der Waals surface area contributed by atoms with E-state index in [9.17, 15) is 14.7 Å². The number of carbonyl (C=O) groups is 2. The molecule has 1 N–H and O–H groups in total. The molecule has 0 fully saturated rings. The van der Waals surface area contributed by atoms with E-state index in [2.05, 4.69) is 27.7 Å². The minimum absolute atomic E-state index is 0.0154. The summed E-state index contributed by atoms with van der Waals surface area (Å²) in [4.78, 5) is 23.4. The van der Waals surface area contributed by atoms with Crippen LogP contribution >= 0.6 is 0 Å². The summed E-state index contributed by atoms with van der Waals surface area (Å²) in [5, 5.41) is 9.91. The number of esters is 2. The standard InChI is InChI=1S/C26H52O3.C24H48O2/c1-3-5-7-9-11-12-13-14-15-16-17-18-19-21-23-25(27)26(28)29-24-22-20-10-8-6-4-2;1-3-5-7-9-11-12-13-14-15-16-17-18-20-22-24(25)26-23-21-19-10-8-6-4-2/h25,27H,3-24H2,1-2H3;3-23H2,1-2H3. The highest BCUT2D eigenvalue weighted by atomic mass is 16.5. The molecule has 0 heterocycles. The molecule has 0 aliphatic heterocycles. The van der Waals surface area contributed by atoms with E-state index < -0.39 is 12.1 Å². The molecule has 55 heavy (non-hydrogen) atoms. The Hall–Kier alpha value is -1.10. The Bertz CT molecular complexity index is 725. The number of carbonyl (C=O) groups excluding carboxylic acids is 2. The molecule has 1 atom stereocenters. The fourth-order valence-corrected chi connectivity index (χ4v) is 7.23. The quantitative estimate of drug-likeness (QED) is 0.0492. The number of rotatable bonds is 44. The van der Waals surface area contributed by atoms with Crippen LogP contribution < -0.4 is 0 Å². The Balaban J connectivity index is 0. The van der Waals surface area contributed by atoms with E-state index in [-0.39, 0.29) is 5.97 Å². The molecule has 5 nitrogen and oxygen atoms in total. The Morgan fingerprint density at radius 2 is 0.600 bits per heavy atom. The van der Waals surface area contributed by atoms with Crippen LogP contribution in [0.5, 0.6) is 0 Å². The average Bonchev–Trinajstić information content (AvgIpc) is 3.19. The van der Waals surface area contributed by atoms with Gasteiger partial charge in [0.15, 0.2) is 6.10 Å². The van der Waals surface area contributed by atoms with Gasteiger partial charge in [0.2, 0.25) is 0 Å². The van der Waals surface area contributed by atoms with Gasteiger partial charge in [-0.1, -0.05) is 259 Å². The van der Waals surface area contributed by atoms with Crippen molar-refractivity contribution in [2.24, 2.45) is 0 Å². The minimum atomic E-state index is -0.924. The summed E-state index contributed by atoms with van der Waals surface area (Å²) in [5.41, 5.74) is 0. The Morgan fingerprint density at radius 3 is 0.927 bits per heavy atom. The van der Waals surface area contributed by atoms with Gasteiger partial charge in [0.05, 0.1) is 13.2 Å². The predicted octanol–water partition coefficient (Wildman–Crippen LogP) is 16.5. The SMILES string of the molecule is CCCCCCCCCCCCCCCC(=O)OCCCCCCCC.CCCCCCCCCCCCCCCCC(O)C(=O)OCCCCCCCC. The van der Waals surface area contributed by atoms with Gasteiger partial charge in [-0.3, -0.25) is 4.79 Å². The zero-order chi connectivity index (χ0) is 40.6. The summed E-state index contributed by atoms with van der Waals surface area (Å²) < 4.78 is 10.5. The van der Waals surface area contributed by atoms with Crippen molar-refractivity contribution in [2.45, 2.75) is 297 Å². The summed E-state index contributed by atoms with van der Waals surface area (Å²) in [6.07, 6.45) is 50.7. The first-order valence-corrected chi connectivity index (χ1v) is 25.0. The first-order chi connectivity index (χ1) is 27.0. The monoisotopic (exact) mass is 781 g/mol. The van der Waals surface area contributed by atoms with E-state index >= 15 is 0 Å². The van der Waals surface area contributed by atoms with Crippen LogP contribution in [-0.4, -0.2) is 36.4 Å². The summed E-state index contributed by atoms with van der Waals surface area (Å²) >= 11 is 0. The van der Waals surface area contributed by atoms with Crippen LogP contribution in [0.1, 0.15) is 291 Å². The second kappa shape index (κ2) is 50.9. The minimum Gasteiger partial charge on any atom is -0.466 e. The van der Waals surface area contributed by atoms with Crippen molar-refractivity contribution >= 4 is 11.9 Å². The molecule has 0 amide bonds. The largest absolute Gasteiger partial charge is 0.466 e. The van der Waals surface area contributed by atoms with Crippen LogP contribution in [0.3, 0.4) is 0 Å². The van der Waals surface area contributed by atoms with Crippen LogP contribution in [0.2, 0.25) is 0 Å². The number of hydrogen-bond donors (Lipinski definition) is 1. The van der Waals surface area contributed by atoms with Gasteiger partial charge in [-0.05, 0) is 25.7 Å². The Morgan fingerprint density at radius 1 is 0.345 bits per heavy atom. The third kappa shape index (κ3) is 50.9. The Labute approximate surface area is 345 Å². The zero-order valence-corrected chi connectivity index (χ0v) is 38.1. The highest BCUT2D eigenvalue weighted by Crippen LogP contribution is 2.16. The second-order valence-corrected chi connectivity index (χ2v) is 16.8. The number of unbranched alkanes of at least 4 members (excludes halogenated alkanes) is 35. The molecule has 0 aromatic rings. The molecule has 0 radical (unpaired) electrons. The van der Waals surface area contributed by atoms with Crippen molar-refractivity contribution in [2.75, 3.05) is 13.2 Å². The lowest BCUT2D eigenvalue weighted by molar-refractivity contribution is -0.154. The molecule has 5 heteroatoms. The van der Waals surface area contributed by atoms with E-state index in [4.69, 9.17) is 9.47 Å². The summed E-state index contributed by atoms with van der Waals surface area (Å²) in [7, 11) is 0. The molecule has 0 spiro atoms. The van der Waals surface area contributed by atoms with Crippen LogP contribution in [-0.2, 0) is 19.1 Å². The van der Waals surface area contributed by atoms with Crippen LogP contribution in [0.25, 0.3) is 0 Å². The lowest BCUT2D eigenvalue weighted by Crippen LogP contribution is -2.23. The van der Waals surface area contributed by atoms with Crippen molar-refractivity contribution in [3.63, 3.8) is 0 Å². The molecule has 0 aromatic carbocycles. The molecule has 0 rings (SSSR count). The van der Waals surface area contributed by atoms with Crippen molar-refractivity contribution in [3.8, 4) is 0 Å². The number of hydrogen-bond acceptors (Lipinski definition) is 5. The fraction of sp³-hybridized carbons (Fsp3) is 0.960. The summed E-state index contributed by atoms with van der Waals surface area (Å²) in [6.45, 7) is 10.1. The Kier molecular flexibility index (Phi) is 51.8. The highest BCUT2D eigenvalue weighted by Gasteiger charge is 2.15. The van der Waals surface area contributed by atoms with E-state index in [1.165, 1.54) is 212 Å². The molecular formula is C50H100O5. The first-order valence-electron chi connectivity index (χ1n) is 25.0. The maximum Gasteiger partial charge on any atom is 0.334 e. The van der Waals surface area contributed by atoms with E-state index in [0.29, 0.717) is 26.1 Å². The van der Waals surface area contributed by atoms with Gasteiger partial charge < -0.3 is 14.6 Å². The first kappa shape index (κ1) is 56.0. The van der Waals surface area contributed by atoms with Crippen LogP contribution in [0.15, 0.2) is 0 Å². The molecule has 0 bridgehead atoms. The second-order valence-electron chi connectivity index (χ2n) is 16.8. The maximum atomic E-state index is 11.8. The van der Waals surface area contributed by atoms with Gasteiger partial charge in [-0.2, -0.15) is 0 Å². The van der Waals surface area contributed by atoms with Crippen LogP contribution in [0.4, 0.5) is 0 Å². The zero-order valence-electron chi connectivity index (χ0n) is 38.1. The summed E-state index contributed by atoms with van der Waals surface area (Å²) in [5.74, 6) is -0.408.